The van der Waals surface area contributed by atoms with Crippen molar-refractivity contribution in [2.24, 2.45) is 57.2 Å². The smallest absolute Gasteiger partial charge is 0.306 e. The monoisotopic (exact) mass is 660 g/mol. The maximum atomic E-state index is 11.7. The largest absolute Gasteiger partial charge is 0.481 e. The first-order valence-electron chi connectivity index (χ1n) is 20.2. The number of rotatable bonds is 7. The number of fused-ring (bicyclic) bond motifs is 9. The molecule has 13 atom stereocenters. The van der Waals surface area contributed by atoms with E-state index in [1.165, 1.54) is 88.4 Å². The van der Waals surface area contributed by atoms with E-state index in [2.05, 4.69) is 65.6 Å². The van der Waals surface area contributed by atoms with Crippen LogP contribution in [0.25, 0.3) is 0 Å². The molecule has 0 aromatic heterocycles. The van der Waals surface area contributed by atoms with E-state index in [0.717, 1.165) is 43.9 Å². The van der Waals surface area contributed by atoms with Gasteiger partial charge in [0.05, 0.1) is 19.1 Å². The number of quaternary nitrogens is 1. The predicted octanol–water partition coefficient (Wildman–Crippen LogP) is 7.39. The van der Waals surface area contributed by atoms with Crippen molar-refractivity contribution in [3.8, 4) is 0 Å². The molecule has 2 aliphatic heterocycles. The van der Waals surface area contributed by atoms with Gasteiger partial charge in [0, 0.05) is 18.5 Å². The highest BCUT2D eigenvalue weighted by atomic mass is 16.5. The lowest BCUT2D eigenvalue weighted by molar-refractivity contribution is -0.918. The summed E-state index contributed by atoms with van der Waals surface area (Å²) in [7, 11) is 0. The van der Waals surface area contributed by atoms with Gasteiger partial charge < -0.3 is 20.1 Å². The number of morpholine rings is 1. The predicted molar refractivity (Wildman–Crippen MR) is 193 cm³/mol. The van der Waals surface area contributed by atoms with Crippen LogP contribution < -0.4 is 10.2 Å². The van der Waals surface area contributed by atoms with Crippen molar-refractivity contribution < 1.29 is 19.5 Å². The Bertz CT molecular complexity index is 1400. The van der Waals surface area contributed by atoms with Crippen molar-refractivity contribution in [1.82, 2.24) is 5.32 Å². The van der Waals surface area contributed by atoms with Gasteiger partial charge in [0.25, 0.3) is 0 Å². The molecule has 8 aliphatic rings. The Hall–Kier alpha value is -1.43. The Morgan fingerprint density at radius 2 is 1.81 bits per heavy atom. The van der Waals surface area contributed by atoms with Crippen molar-refractivity contribution >= 4 is 5.97 Å². The molecule has 2 unspecified atom stereocenters. The fraction of sp³-hybridized carbons (Fsp3) is 0.837. The lowest BCUT2D eigenvalue weighted by Gasteiger charge is -2.72. The van der Waals surface area contributed by atoms with Crippen LogP contribution in [0.2, 0.25) is 0 Å². The van der Waals surface area contributed by atoms with Crippen molar-refractivity contribution in [2.45, 2.75) is 143 Å². The second-order valence-electron chi connectivity index (χ2n) is 19.9. The third-order valence-electron chi connectivity index (χ3n) is 17.8. The van der Waals surface area contributed by atoms with Crippen LogP contribution in [0.15, 0.2) is 35.5 Å². The molecule has 5 heteroatoms. The number of ether oxygens (including phenoxy) is 1. The number of hydrogen-bond donors (Lipinski definition) is 3. The van der Waals surface area contributed by atoms with E-state index in [-0.39, 0.29) is 16.9 Å². The molecule has 6 fully saturated rings. The number of carbonyl (C=O) groups is 1. The van der Waals surface area contributed by atoms with Crippen LogP contribution in [0.1, 0.15) is 125 Å². The number of likely N-dealkylation sites (tertiary alicyclic amines) is 1. The van der Waals surface area contributed by atoms with Gasteiger partial charge in [-0.25, -0.2) is 0 Å². The average Bonchev–Trinajstić information content (AvgIpc) is 3.76. The van der Waals surface area contributed by atoms with Crippen molar-refractivity contribution in [3.63, 3.8) is 0 Å². The summed E-state index contributed by atoms with van der Waals surface area (Å²) in [5.41, 5.74) is 5.88. The molecule has 2 bridgehead atoms. The average molecular weight is 660 g/mol. The molecule has 5 nitrogen and oxygen atoms in total. The van der Waals surface area contributed by atoms with Gasteiger partial charge >= 0.3 is 5.97 Å². The molecule has 266 valence electrons. The molecule has 48 heavy (non-hydrogen) atoms. The van der Waals surface area contributed by atoms with Crippen LogP contribution in [0.5, 0.6) is 0 Å². The van der Waals surface area contributed by atoms with Crippen molar-refractivity contribution in [1.29, 1.82) is 0 Å². The highest BCUT2D eigenvalue weighted by molar-refractivity contribution is 5.70. The molecule has 2 saturated heterocycles. The minimum atomic E-state index is -0.626. The summed E-state index contributed by atoms with van der Waals surface area (Å²) in [6.07, 6.45) is 21.1. The summed E-state index contributed by atoms with van der Waals surface area (Å²) >= 11 is 0. The van der Waals surface area contributed by atoms with E-state index in [9.17, 15) is 9.90 Å². The van der Waals surface area contributed by atoms with Gasteiger partial charge in [0.2, 0.25) is 0 Å². The molecule has 4 saturated carbocycles. The van der Waals surface area contributed by atoms with E-state index < -0.39 is 5.97 Å². The van der Waals surface area contributed by atoms with E-state index >= 15 is 0 Å². The molecule has 8 rings (SSSR count). The molecule has 0 spiro atoms. The Labute approximate surface area is 291 Å². The fourth-order valence-corrected chi connectivity index (χ4v) is 15.3. The van der Waals surface area contributed by atoms with Gasteiger partial charge in [0.15, 0.2) is 0 Å². The molecule has 6 aliphatic carbocycles. The van der Waals surface area contributed by atoms with E-state index in [1.54, 1.807) is 10.5 Å². The van der Waals surface area contributed by atoms with E-state index in [4.69, 9.17) is 4.74 Å². The second kappa shape index (κ2) is 11.5. The number of nitrogens with one attached hydrogen (secondary N) is 2. The summed E-state index contributed by atoms with van der Waals surface area (Å²) in [6.45, 7) is 24.9. The fourth-order valence-electron chi connectivity index (χ4n) is 15.3. The minimum absolute atomic E-state index is 0.124. The first kappa shape index (κ1) is 33.7. The summed E-state index contributed by atoms with van der Waals surface area (Å²) in [6, 6.07) is 0.734. The SMILES string of the molecule is C=C(C)[C@@H]1CC[C@]2(NCC[NH+]3C[C@@H]4CC3CO4)CC[C@]3(C)[C@H](CC[C@@H]4[C@@]5(C)CC=C(C6=CC[C@@H](C(=O)O)CC6)C(C)(C)[C@@H]5CC[C@]43C)[C@@H]12. The number of aliphatic carboxylic acids is 1. The second-order valence-corrected chi connectivity index (χ2v) is 19.9. The van der Waals surface area contributed by atoms with Gasteiger partial charge in [-0.3, -0.25) is 4.79 Å². The van der Waals surface area contributed by atoms with Crippen LogP contribution in [-0.4, -0.2) is 55.0 Å². The zero-order valence-electron chi connectivity index (χ0n) is 31.3. The first-order chi connectivity index (χ1) is 22.7. The lowest BCUT2D eigenvalue weighted by atomic mass is 9.33. The lowest BCUT2D eigenvalue weighted by Crippen LogP contribution is -3.16. The van der Waals surface area contributed by atoms with Crippen LogP contribution >= 0.6 is 0 Å². The highest BCUT2D eigenvalue weighted by Gasteiger charge is 2.70. The maximum absolute atomic E-state index is 11.7. The van der Waals surface area contributed by atoms with Gasteiger partial charge in [-0.1, -0.05) is 58.9 Å². The molecular weight excluding hydrogens is 592 g/mol. The third kappa shape index (κ3) is 4.74. The van der Waals surface area contributed by atoms with E-state index in [1.807, 2.05) is 0 Å². The topological polar surface area (TPSA) is 63.0 Å². The molecule has 0 radical (unpaired) electrons. The Morgan fingerprint density at radius 3 is 2.48 bits per heavy atom. The molecule has 0 aromatic carbocycles. The summed E-state index contributed by atoms with van der Waals surface area (Å²) < 4.78 is 5.93. The number of hydrogen-bond acceptors (Lipinski definition) is 3. The van der Waals surface area contributed by atoms with Crippen LogP contribution in [0.4, 0.5) is 0 Å². The summed E-state index contributed by atoms with van der Waals surface area (Å²) in [4.78, 5) is 13.5. The minimum Gasteiger partial charge on any atom is -0.481 e. The third-order valence-corrected chi connectivity index (χ3v) is 17.8. The van der Waals surface area contributed by atoms with E-state index in [0.29, 0.717) is 46.5 Å². The van der Waals surface area contributed by atoms with Gasteiger partial charge in [0.1, 0.15) is 18.7 Å². The van der Waals surface area contributed by atoms with Crippen LogP contribution in [0, 0.1) is 57.2 Å². The van der Waals surface area contributed by atoms with Crippen molar-refractivity contribution in [2.75, 3.05) is 26.2 Å². The van der Waals surface area contributed by atoms with Crippen LogP contribution in [0.3, 0.4) is 0 Å². The quantitative estimate of drug-likeness (QED) is 0.250. The van der Waals surface area contributed by atoms with Gasteiger partial charge in [-0.15, -0.1) is 0 Å². The standard InChI is InChI=1S/C43H66N2O3/c1-27(2)32-14-19-43(44-22-23-45-25-31-24-30(45)26-48-31)21-20-41(6)34(37(32)43)12-13-36-40(5)17-15-33(28-8-10-29(11-9-28)38(46)47)39(3,4)35(40)16-18-42(36,41)7/h8,15,29-32,34-37,44H,1,9-14,16-26H2,2-7H3,(H,46,47)/p+1/t29-,30?,31+,32+,34-,35+,36-,37-,40+,41-,42-,43+/m1/s1. The van der Waals surface area contributed by atoms with Crippen molar-refractivity contribution in [3.05, 3.63) is 35.5 Å². The summed E-state index contributed by atoms with van der Waals surface area (Å²) in [5, 5.41) is 14.0. The Kier molecular flexibility index (Phi) is 8.10. The molecule has 0 amide bonds. The number of carboxylic acids is 1. The number of carboxylic acid groups (broad SMARTS) is 1. The Balaban J connectivity index is 1.05. The normalized spacial score (nSPS) is 50.4. The molecule has 3 N–H and O–H groups in total. The number of allylic oxidation sites excluding steroid dienone is 5. The Morgan fingerprint density at radius 1 is 1.00 bits per heavy atom. The zero-order valence-corrected chi connectivity index (χ0v) is 31.3. The van der Waals surface area contributed by atoms with Gasteiger partial charge in [-0.05, 0) is 146 Å². The molecular formula is C43H67N2O3+. The highest BCUT2D eigenvalue weighted by Crippen LogP contribution is 2.76. The maximum Gasteiger partial charge on any atom is 0.306 e. The first-order valence-corrected chi connectivity index (χ1v) is 20.2. The van der Waals surface area contributed by atoms with Gasteiger partial charge in [-0.2, -0.15) is 0 Å². The zero-order chi connectivity index (χ0) is 33.9. The summed E-state index contributed by atoms with van der Waals surface area (Å²) in [5.74, 6) is 2.73. The molecule has 0 aromatic rings. The van der Waals surface area contributed by atoms with Crippen LogP contribution in [-0.2, 0) is 9.53 Å². The molecule has 2 heterocycles.